The molecule has 0 aliphatic carbocycles. The van der Waals surface area contributed by atoms with Crippen molar-refractivity contribution in [3.05, 3.63) is 85.1 Å². The molecule has 51 heavy (non-hydrogen) atoms. The van der Waals surface area contributed by atoms with Gasteiger partial charge < -0.3 is 37.0 Å². The monoisotopic (exact) mass is 769 g/mol. The molecule has 10 nitrogen and oxygen atoms in total. The molecule has 2 aromatic carbocycles. The third kappa shape index (κ3) is 12.0. The first kappa shape index (κ1) is 43.1. The summed E-state index contributed by atoms with van der Waals surface area (Å²) >= 11 is 23.0. The molecule has 2 aromatic heterocycles. The van der Waals surface area contributed by atoms with Gasteiger partial charge in [0, 0.05) is 61.3 Å². The van der Waals surface area contributed by atoms with Crippen LogP contribution in [0.5, 0.6) is 0 Å². The van der Waals surface area contributed by atoms with E-state index in [2.05, 4.69) is 73.3 Å². The quantitative estimate of drug-likeness (QED) is 0.0551. The highest BCUT2D eigenvalue weighted by atomic mass is 35.5. The zero-order valence-corrected chi connectivity index (χ0v) is 33.4. The molecule has 0 spiro atoms. The maximum absolute atomic E-state index is 10.9. The van der Waals surface area contributed by atoms with Crippen LogP contribution in [0.4, 0.5) is 17.6 Å². The predicted octanol–water partition coefficient (Wildman–Crippen LogP) is 9.37. The first-order valence-electron chi connectivity index (χ1n) is 16.7. The predicted molar refractivity (Wildman–Crippen MR) is 224 cm³/mol. The van der Waals surface area contributed by atoms with Crippen molar-refractivity contribution in [2.24, 2.45) is 17.4 Å². The number of carbonyl (C=O) groups is 1. The number of nitrogens with zero attached hydrogens (tertiary/aromatic N) is 3. The van der Waals surface area contributed by atoms with Crippen LogP contribution in [0.25, 0.3) is 34.3 Å². The minimum absolute atomic E-state index is 0.299. The van der Waals surface area contributed by atoms with Gasteiger partial charge >= 0.3 is 0 Å². The van der Waals surface area contributed by atoms with E-state index in [1.54, 1.807) is 20.2 Å². The summed E-state index contributed by atoms with van der Waals surface area (Å²) in [7, 11) is 5.05. The average Bonchev–Trinajstić information content (AvgIpc) is 3.69. The van der Waals surface area contributed by atoms with Crippen molar-refractivity contribution in [1.82, 2.24) is 19.9 Å². The van der Waals surface area contributed by atoms with Crippen LogP contribution in [0.2, 0.25) is 10.0 Å². The zero-order chi connectivity index (χ0) is 38.1. The van der Waals surface area contributed by atoms with Crippen LogP contribution in [-0.4, -0.2) is 60.5 Å². The van der Waals surface area contributed by atoms with Crippen LogP contribution in [-0.2, 0) is 4.79 Å². The summed E-state index contributed by atoms with van der Waals surface area (Å²) in [5.74, 6) is 1.57. The van der Waals surface area contributed by atoms with E-state index >= 15 is 0 Å². The number of nitrogens with one attached hydrogen (secondary N) is 4. The molecule has 1 aliphatic rings. The molecule has 0 bridgehead atoms. The third-order valence-corrected chi connectivity index (χ3v) is 8.69. The van der Waals surface area contributed by atoms with Gasteiger partial charge in [-0.15, -0.1) is 0 Å². The molecule has 0 unspecified atom stereocenters. The number of aldehydes is 1. The van der Waals surface area contributed by atoms with E-state index in [1.165, 1.54) is 31.7 Å². The molecule has 274 valence electrons. The number of allylic oxidation sites excluding steroid dienone is 2. The van der Waals surface area contributed by atoms with Crippen molar-refractivity contribution in [3.8, 4) is 22.5 Å². The van der Waals surface area contributed by atoms with E-state index in [4.69, 9.17) is 53.4 Å². The van der Waals surface area contributed by atoms with Gasteiger partial charge in [-0.2, -0.15) is 0 Å². The van der Waals surface area contributed by atoms with Gasteiger partial charge in [-0.25, -0.2) is 9.97 Å². The number of H-pyrrole nitrogens is 2. The third-order valence-electron chi connectivity index (χ3n) is 7.35. The van der Waals surface area contributed by atoms with Crippen LogP contribution in [0.3, 0.4) is 0 Å². The number of hydrogen-bond acceptors (Lipinski definition) is 10. The minimum Gasteiger partial charge on any atom is -0.398 e. The van der Waals surface area contributed by atoms with Crippen molar-refractivity contribution < 1.29 is 4.79 Å². The van der Waals surface area contributed by atoms with Crippen molar-refractivity contribution in [3.63, 3.8) is 0 Å². The second-order valence-corrected chi connectivity index (χ2v) is 12.6. The molecule has 0 saturated carbocycles. The maximum atomic E-state index is 10.9. The Morgan fingerprint density at radius 3 is 2.06 bits per heavy atom. The normalized spacial score (nSPS) is 12.3. The summed E-state index contributed by atoms with van der Waals surface area (Å²) < 4.78 is 0.876. The fraction of sp³-hybridized carbons (Fsp3) is 0.324. The molecule has 1 aliphatic heterocycles. The highest BCUT2D eigenvalue weighted by molar-refractivity contribution is 7.71. The average molecular weight is 771 g/mol. The van der Waals surface area contributed by atoms with Gasteiger partial charge in [-0.3, -0.25) is 4.79 Å². The molecule has 5 rings (SSSR count). The molecular weight excluding hydrogens is 722 g/mol. The number of nitrogens with two attached hydrogens (primary N) is 2. The van der Waals surface area contributed by atoms with Gasteiger partial charge in [0.05, 0.1) is 27.0 Å². The van der Waals surface area contributed by atoms with E-state index in [0.29, 0.717) is 54.7 Å². The molecular formula is C37H49Cl2N9OS2. The van der Waals surface area contributed by atoms with Crippen LogP contribution >= 0.6 is 47.6 Å². The summed E-state index contributed by atoms with van der Waals surface area (Å²) in [6.07, 6.45) is 8.46. The van der Waals surface area contributed by atoms with Crippen LogP contribution in [0.15, 0.2) is 54.6 Å². The topological polar surface area (TPSA) is 154 Å². The fourth-order valence-corrected chi connectivity index (χ4v) is 5.86. The molecule has 1 fully saturated rings. The molecule has 0 amide bonds. The van der Waals surface area contributed by atoms with E-state index in [0.717, 1.165) is 41.2 Å². The molecule has 1 saturated heterocycles. The first-order valence-corrected chi connectivity index (χ1v) is 18.3. The highest BCUT2D eigenvalue weighted by Crippen LogP contribution is 2.32. The fourth-order valence-electron chi connectivity index (χ4n) is 4.99. The first-order chi connectivity index (χ1) is 24.6. The Bertz CT molecular complexity index is 1920. The summed E-state index contributed by atoms with van der Waals surface area (Å²) in [6.45, 7) is 10.4. The Hall–Kier alpha value is -4.07. The van der Waals surface area contributed by atoms with Gasteiger partial charge in [-0.05, 0) is 50.1 Å². The summed E-state index contributed by atoms with van der Waals surface area (Å²) in [5, 5.41) is 6.97. The summed E-state index contributed by atoms with van der Waals surface area (Å²) in [4.78, 5) is 28.3. The summed E-state index contributed by atoms with van der Waals surface area (Å²) in [6, 6.07) is 13.7. The van der Waals surface area contributed by atoms with Crippen LogP contribution in [0, 0.1) is 15.2 Å². The van der Waals surface area contributed by atoms with Gasteiger partial charge in [-0.1, -0.05) is 106 Å². The Morgan fingerprint density at radius 1 is 0.902 bits per heavy atom. The van der Waals surface area contributed by atoms with E-state index in [-0.39, 0.29) is 0 Å². The van der Waals surface area contributed by atoms with Crippen LogP contribution < -0.4 is 27.0 Å². The molecule has 14 heteroatoms. The van der Waals surface area contributed by atoms with Crippen molar-refractivity contribution in [1.29, 1.82) is 0 Å². The van der Waals surface area contributed by atoms with E-state index in [9.17, 15) is 4.79 Å². The largest absolute Gasteiger partial charge is 0.398 e. The molecule has 4 aromatic rings. The number of carbonyl (C=O) groups excluding carboxylic acids is 1. The van der Waals surface area contributed by atoms with Crippen molar-refractivity contribution >= 4 is 83.3 Å². The number of halogens is 2. The molecule has 0 radical (unpaired) electrons. The molecule has 0 atom stereocenters. The molecule has 3 heterocycles. The lowest BCUT2D eigenvalue weighted by molar-refractivity contribution is -0.104. The lowest BCUT2D eigenvalue weighted by Crippen LogP contribution is -2.17. The molecule has 8 N–H and O–H groups in total. The second kappa shape index (κ2) is 22.0. The Morgan fingerprint density at radius 2 is 1.49 bits per heavy atom. The Kier molecular flexibility index (Phi) is 18.6. The highest BCUT2D eigenvalue weighted by Gasteiger charge is 2.17. The van der Waals surface area contributed by atoms with E-state index in [1.807, 2.05) is 44.2 Å². The van der Waals surface area contributed by atoms with E-state index < -0.39 is 0 Å². The Labute approximate surface area is 321 Å². The van der Waals surface area contributed by atoms with Gasteiger partial charge in [0.15, 0.2) is 0 Å². The number of aromatic nitrogens is 4. The summed E-state index contributed by atoms with van der Waals surface area (Å²) in [5.41, 5.74) is 16.9. The van der Waals surface area contributed by atoms with Gasteiger partial charge in [0.2, 0.25) is 11.9 Å². The van der Waals surface area contributed by atoms with Crippen molar-refractivity contribution in [2.45, 2.75) is 40.5 Å². The Balaban J connectivity index is 0.000000325. The van der Waals surface area contributed by atoms with Gasteiger partial charge in [0.1, 0.15) is 15.6 Å². The lowest BCUT2D eigenvalue weighted by atomic mass is 10.0. The standard InChI is InChI=1S/C18H21N5OS.C16H17Cl2N3S.C2H6.CH5N/c1-20-18-21-16(15(17(25)22-18)14(19)7-10-24)12-5-4-6-13(11-12)23-8-2-3-9-23;1-9(2)4-6-11-14(20-16(19-3)21-15(11)22)10-5-7-12(17)13(18)8-10;2*1-2/h4-7,10-11H,2-3,8-9,19H2,1H3,(H2,20,21,22,25);4-9H,1-3H3,(H2,19,20,21,22);1-2H3;2H2,1H3/b14-7-;6-4+;;. The van der Waals surface area contributed by atoms with Crippen molar-refractivity contribution in [2.75, 3.05) is 49.8 Å². The zero-order valence-electron chi connectivity index (χ0n) is 30.2. The number of anilines is 3. The number of rotatable bonds is 9. The number of aromatic amines is 2. The lowest BCUT2D eigenvalue weighted by Gasteiger charge is -2.19. The van der Waals surface area contributed by atoms with Gasteiger partial charge in [0.25, 0.3) is 0 Å². The number of benzene rings is 2. The smallest absolute Gasteiger partial charge is 0.201 e. The second-order valence-electron chi connectivity index (χ2n) is 11.1. The minimum atomic E-state index is 0.299. The SMILES string of the molecule is CC.CN.CNc1nc(=S)c(/C(N)=C/C=O)c(-c2cccc(N3CCCC3)c2)[nH]1.CNc1nc(=S)c(/C=C/C(C)C)c(-c2ccc(Cl)c(Cl)c2)[nH]1. The maximum Gasteiger partial charge on any atom is 0.201 e. The van der Waals surface area contributed by atoms with Crippen LogP contribution in [0.1, 0.15) is 51.7 Å². The number of hydrogen-bond donors (Lipinski definition) is 6.